The van der Waals surface area contributed by atoms with E-state index in [1.54, 1.807) is 6.92 Å². The molecule has 1 saturated heterocycles. The van der Waals surface area contributed by atoms with Gasteiger partial charge >= 0.3 is 0 Å². The molecule has 2 N–H and O–H groups in total. The molecule has 0 radical (unpaired) electrons. The SMILES string of the molecule is COCC(=O)NCCOCCOCCNC(=O)CCCN1C(=O)CC(C)C1=O. The predicted molar refractivity (Wildman–Crippen MR) is 99.3 cm³/mol. The predicted octanol–water partition coefficient (Wildman–Crippen LogP) is -0.926. The number of likely N-dealkylation sites (tertiary alicyclic amines) is 1. The Morgan fingerprint density at radius 1 is 1.04 bits per heavy atom. The number of carbonyl (C=O) groups excluding carboxylic acids is 4. The Bertz CT molecular complexity index is 527. The molecule has 0 bridgehead atoms. The molecule has 0 saturated carbocycles. The molecular formula is C18H31N3O7. The van der Waals surface area contributed by atoms with Crippen molar-refractivity contribution in [2.45, 2.75) is 26.2 Å². The molecule has 10 heteroatoms. The first kappa shape index (κ1) is 24.0. The zero-order valence-corrected chi connectivity index (χ0v) is 16.7. The van der Waals surface area contributed by atoms with E-state index in [2.05, 4.69) is 15.4 Å². The van der Waals surface area contributed by atoms with Crippen molar-refractivity contribution in [3.05, 3.63) is 0 Å². The largest absolute Gasteiger partial charge is 0.377 e. The second-order valence-corrected chi connectivity index (χ2v) is 6.45. The van der Waals surface area contributed by atoms with Crippen LogP contribution in [0.25, 0.3) is 0 Å². The Kier molecular flexibility index (Phi) is 12.0. The second-order valence-electron chi connectivity index (χ2n) is 6.45. The van der Waals surface area contributed by atoms with E-state index in [9.17, 15) is 19.2 Å². The number of nitrogens with zero attached hydrogens (tertiary/aromatic N) is 1. The Labute approximate surface area is 165 Å². The van der Waals surface area contributed by atoms with Crippen molar-refractivity contribution in [2.24, 2.45) is 5.92 Å². The topological polar surface area (TPSA) is 123 Å². The fourth-order valence-electron chi connectivity index (χ4n) is 2.60. The molecule has 28 heavy (non-hydrogen) atoms. The van der Waals surface area contributed by atoms with E-state index in [4.69, 9.17) is 9.47 Å². The fraction of sp³-hybridized carbons (Fsp3) is 0.778. The van der Waals surface area contributed by atoms with Crippen LogP contribution in [0.3, 0.4) is 0 Å². The van der Waals surface area contributed by atoms with Gasteiger partial charge in [0.05, 0.1) is 26.4 Å². The molecule has 10 nitrogen and oxygen atoms in total. The molecule has 0 spiro atoms. The van der Waals surface area contributed by atoms with Crippen LogP contribution in [0.5, 0.6) is 0 Å². The van der Waals surface area contributed by atoms with Gasteiger partial charge in [-0.2, -0.15) is 0 Å². The molecule has 0 aromatic heterocycles. The summed E-state index contributed by atoms with van der Waals surface area (Å²) < 4.78 is 15.3. The maximum atomic E-state index is 11.8. The lowest BCUT2D eigenvalue weighted by molar-refractivity contribution is -0.139. The molecule has 1 aliphatic heterocycles. The van der Waals surface area contributed by atoms with E-state index in [1.165, 1.54) is 12.0 Å². The third-order valence-electron chi connectivity index (χ3n) is 4.04. The van der Waals surface area contributed by atoms with Crippen molar-refractivity contribution in [3.63, 3.8) is 0 Å². The summed E-state index contributed by atoms with van der Waals surface area (Å²) in [5, 5.41) is 5.35. The highest BCUT2D eigenvalue weighted by atomic mass is 16.5. The van der Waals surface area contributed by atoms with Gasteiger partial charge in [-0.3, -0.25) is 24.1 Å². The molecule has 0 aromatic rings. The van der Waals surface area contributed by atoms with Crippen LogP contribution in [0.1, 0.15) is 26.2 Å². The standard InChI is InChI=1S/C18H31N3O7/c1-14-12-17(24)21(18(14)25)7-3-4-15(22)19-5-8-27-10-11-28-9-6-20-16(23)13-26-2/h14H,3-13H2,1-2H3,(H,19,22)(H,20,23). The smallest absolute Gasteiger partial charge is 0.246 e. The Hall–Kier alpha value is -2.04. The van der Waals surface area contributed by atoms with E-state index < -0.39 is 0 Å². The molecule has 0 aliphatic carbocycles. The summed E-state index contributed by atoms with van der Waals surface area (Å²) in [6.07, 6.45) is 0.962. The monoisotopic (exact) mass is 401 g/mol. The molecular weight excluding hydrogens is 370 g/mol. The maximum Gasteiger partial charge on any atom is 0.246 e. The van der Waals surface area contributed by atoms with Gasteiger partial charge in [0.25, 0.3) is 0 Å². The minimum atomic E-state index is -0.253. The first-order chi connectivity index (χ1) is 13.5. The van der Waals surface area contributed by atoms with Crippen LogP contribution in [-0.2, 0) is 33.4 Å². The van der Waals surface area contributed by atoms with E-state index in [-0.39, 0.29) is 55.5 Å². The average Bonchev–Trinajstić information content (AvgIpc) is 2.89. The van der Waals surface area contributed by atoms with Gasteiger partial charge in [-0.05, 0) is 6.42 Å². The number of hydrogen-bond donors (Lipinski definition) is 2. The lowest BCUT2D eigenvalue weighted by atomic mass is 10.1. The average molecular weight is 401 g/mol. The molecule has 1 fully saturated rings. The molecule has 1 unspecified atom stereocenters. The summed E-state index contributed by atoms with van der Waals surface area (Å²) in [7, 11) is 1.45. The van der Waals surface area contributed by atoms with Crippen molar-refractivity contribution >= 4 is 23.6 Å². The summed E-state index contributed by atoms with van der Waals surface area (Å²) in [5.74, 6) is -0.897. The summed E-state index contributed by atoms with van der Waals surface area (Å²) >= 11 is 0. The number of ether oxygens (including phenoxy) is 3. The van der Waals surface area contributed by atoms with E-state index in [1.807, 2.05) is 0 Å². The molecule has 1 aliphatic rings. The third kappa shape index (κ3) is 9.77. The second kappa shape index (κ2) is 14.0. The van der Waals surface area contributed by atoms with Gasteiger partial charge in [-0.25, -0.2) is 0 Å². The summed E-state index contributed by atoms with van der Waals surface area (Å²) in [5.41, 5.74) is 0. The first-order valence-electron chi connectivity index (χ1n) is 9.47. The summed E-state index contributed by atoms with van der Waals surface area (Å²) in [6, 6.07) is 0. The number of methoxy groups -OCH3 is 1. The van der Waals surface area contributed by atoms with Crippen molar-refractivity contribution in [2.75, 3.05) is 59.8 Å². The fourth-order valence-corrected chi connectivity index (χ4v) is 2.60. The molecule has 4 amide bonds. The number of hydrogen-bond acceptors (Lipinski definition) is 7. The van der Waals surface area contributed by atoms with Gasteiger partial charge in [-0.1, -0.05) is 6.92 Å². The highest BCUT2D eigenvalue weighted by molar-refractivity contribution is 6.03. The number of nitrogens with one attached hydrogen (secondary N) is 2. The zero-order valence-electron chi connectivity index (χ0n) is 16.7. The van der Waals surface area contributed by atoms with Crippen LogP contribution >= 0.6 is 0 Å². The van der Waals surface area contributed by atoms with E-state index >= 15 is 0 Å². The van der Waals surface area contributed by atoms with Crippen molar-refractivity contribution in [1.82, 2.24) is 15.5 Å². The van der Waals surface area contributed by atoms with Crippen LogP contribution in [0.15, 0.2) is 0 Å². The quantitative estimate of drug-likeness (QED) is 0.268. The van der Waals surface area contributed by atoms with Crippen LogP contribution in [-0.4, -0.2) is 88.3 Å². The molecule has 1 atom stereocenters. The van der Waals surface area contributed by atoms with Crippen LogP contribution in [0.2, 0.25) is 0 Å². The Morgan fingerprint density at radius 3 is 2.18 bits per heavy atom. The normalized spacial score (nSPS) is 16.5. The Morgan fingerprint density at radius 2 is 1.64 bits per heavy atom. The molecule has 0 aromatic carbocycles. The van der Waals surface area contributed by atoms with Gasteiger partial charge in [0.1, 0.15) is 6.61 Å². The number of amides is 4. The first-order valence-corrected chi connectivity index (χ1v) is 9.47. The molecule has 1 heterocycles. The summed E-state index contributed by atoms with van der Waals surface area (Å²) in [6.45, 7) is 4.37. The Balaban J connectivity index is 1.90. The van der Waals surface area contributed by atoms with E-state index in [0.717, 1.165) is 0 Å². The summed E-state index contributed by atoms with van der Waals surface area (Å²) in [4.78, 5) is 47.5. The lowest BCUT2D eigenvalue weighted by Crippen LogP contribution is -2.33. The highest BCUT2D eigenvalue weighted by Crippen LogP contribution is 2.18. The zero-order chi connectivity index (χ0) is 20.8. The minimum absolute atomic E-state index is 0.0303. The van der Waals surface area contributed by atoms with Gasteiger partial charge < -0.3 is 24.8 Å². The number of imide groups is 1. The van der Waals surface area contributed by atoms with Crippen LogP contribution in [0.4, 0.5) is 0 Å². The minimum Gasteiger partial charge on any atom is -0.377 e. The van der Waals surface area contributed by atoms with Crippen LogP contribution in [0, 0.1) is 5.92 Å². The van der Waals surface area contributed by atoms with Crippen molar-refractivity contribution in [1.29, 1.82) is 0 Å². The van der Waals surface area contributed by atoms with Crippen molar-refractivity contribution < 1.29 is 33.4 Å². The lowest BCUT2D eigenvalue weighted by Gasteiger charge is -2.14. The van der Waals surface area contributed by atoms with Crippen LogP contribution < -0.4 is 10.6 Å². The molecule has 160 valence electrons. The van der Waals surface area contributed by atoms with E-state index in [0.29, 0.717) is 45.9 Å². The number of carbonyl (C=O) groups is 4. The molecule has 1 rings (SSSR count). The van der Waals surface area contributed by atoms with Gasteiger partial charge in [-0.15, -0.1) is 0 Å². The van der Waals surface area contributed by atoms with Crippen molar-refractivity contribution in [3.8, 4) is 0 Å². The van der Waals surface area contributed by atoms with Gasteiger partial charge in [0, 0.05) is 45.5 Å². The third-order valence-corrected chi connectivity index (χ3v) is 4.04. The van der Waals surface area contributed by atoms with Gasteiger partial charge in [0.2, 0.25) is 23.6 Å². The van der Waals surface area contributed by atoms with Gasteiger partial charge in [0.15, 0.2) is 0 Å². The maximum absolute atomic E-state index is 11.8. The highest BCUT2D eigenvalue weighted by Gasteiger charge is 2.34. The number of rotatable bonds is 15.